The highest BCUT2D eigenvalue weighted by atomic mass is 32.2. The molecule has 1 nitrogen and oxygen atoms in total. The number of rotatable bonds is 4. The van der Waals surface area contributed by atoms with Crippen LogP contribution in [0.15, 0.2) is 94.4 Å². The van der Waals surface area contributed by atoms with Gasteiger partial charge in [0.25, 0.3) is 0 Å². The van der Waals surface area contributed by atoms with Gasteiger partial charge in [-0.15, -0.1) is 0 Å². The average molecular weight is 283 g/mol. The fourth-order valence-electron chi connectivity index (χ4n) is 1.88. The zero-order chi connectivity index (χ0) is 14.2. The molecule has 0 bridgehead atoms. The summed E-state index contributed by atoms with van der Waals surface area (Å²) < 4.78 is 0. The smallest absolute Gasteiger partial charge is 0.121 e. The Morgan fingerprint density at radius 3 is 1.85 bits per heavy atom. The first-order valence-electron chi connectivity index (χ1n) is 6.57. The monoisotopic (exact) mass is 283 g/mol. The second-order valence-corrected chi connectivity index (χ2v) is 6.35. The molecule has 0 saturated heterocycles. The van der Waals surface area contributed by atoms with Gasteiger partial charge in [-0.05, 0) is 37.3 Å². The molecular formula is C18H19OS+. The van der Waals surface area contributed by atoms with Gasteiger partial charge in [0, 0.05) is 6.08 Å². The van der Waals surface area contributed by atoms with Crippen LogP contribution in [0.2, 0.25) is 0 Å². The quantitative estimate of drug-likeness (QED) is 0.222. The first-order valence-corrected chi connectivity index (χ1v) is 7.98. The molecule has 2 heteroatoms. The van der Waals surface area contributed by atoms with Crippen LogP contribution in [0.3, 0.4) is 0 Å². The van der Waals surface area contributed by atoms with Crippen molar-refractivity contribution in [1.82, 2.24) is 0 Å². The molecule has 0 atom stereocenters. The minimum Gasteiger partial charge on any atom is -0.508 e. The molecule has 0 radical (unpaired) electrons. The summed E-state index contributed by atoms with van der Waals surface area (Å²) in [6.45, 7) is 1.89. The molecule has 0 aliphatic carbocycles. The summed E-state index contributed by atoms with van der Waals surface area (Å²) in [4.78, 5) is 2.55. The highest BCUT2D eigenvalue weighted by Gasteiger charge is 2.08. The largest absolute Gasteiger partial charge is 0.508 e. The number of allylic oxidation sites excluding steroid dienone is 3. The first kappa shape index (κ1) is 14.4. The Bertz CT molecular complexity index is 583. The zero-order valence-electron chi connectivity index (χ0n) is 11.5. The summed E-state index contributed by atoms with van der Waals surface area (Å²) in [5.74, 6) is 0.284. The molecular weight excluding hydrogens is 264 g/mol. The van der Waals surface area contributed by atoms with Gasteiger partial charge in [-0.2, -0.15) is 0 Å². The van der Waals surface area contributed by atoms with E-state index >= 15 is 0 Å². The second-order valence-electron chi connectivity index (χ2n) is 4.28. The van der Waals surface area contributed by atoms with Crippen molar-refractivity contribution in [1.29, 1.82) is 0 Å². The fourth-order valence-corrected chi connectivity index (χ4v) is 3.81. The van der Waals surface area contributed by atoms with Gasteiger partial charge in [0.1, 0.15) is 15.6 Å². The number of hydrogen-bond acceptors (Lipinski definition) is 1. The second kappa shape index (κ2) is 7.51. The van der Waals surface area contributed by atoms with Gasteiger partial charge in [0.15, 0.2) is 0 Å². The predicted octanol–water partition coefficient (Wildman–Crippen LogP) is 4.28. The lowest BCUT2D eigenvalue weighted by atomic mass is 10.4. The molecule has 2 rings (SSSR count). The molecule has 0 heterocycles. The van der Waals surface area contributed by atoms with E-state index in [4.69, 9.17) is 0 Å². The number of thiol groups is 1. The van der Waals surface area contributed by atoms with E-state index in [9.17, 15) is 5.11 Å². The normalized spacial score (nSPS) is 12.0. The summed E-state index contributed by atoms with van der Waals surface area (Å²) in [7, 11) is -0.589. The maximum Gasteiger partial charge on any atom is 0.121 e. The van der Waals surface area contributed by atoms with Gasteiger partial charge < -0.3 is 5.11 Å². The molecule has 0 fully saturated rings. The van der Waals surface area contributed by atoms with Crippen molar-refractivity contribution in [2.24, 2.45) is 0 Å². The highest BCUT2D eigenvalue weighted by molar-refractivity contribution is 7.95. The molecule has 102 valence electrons. The summed E-state index contributed by atoms with van der Waals surface area (Å²) in [5, 5.41) is 11.8. The van der Waals surface area contributed by atoms with Crippen molar-refractivity contribution in [2.45, 2.75) is 16.7 Å². The topological polar surface area (TPSA) is 20.2 Å². The van der Waals surface area contributed by atoms with E-state index < -0.39 is 10.5 Å². The molecule has 20 heavy (non-hydrogen) atoms. The number of aliphatic hydroxyl groups is 1. The Kier molecular flexibility index (Phi) is 5.39. The van der Waals surface area contributed by atoms with Gasteiger partial charge in [0.05, 0.1) is 5.37 Å². The molecule has 0 unspecified atom stereocenters. The Morgan fingerprint density at radius 2 is 1.40 bits per heavy atom. The van der Waals surface area contributed by atoms with Crippen LogP contribution >= 0.6 is 0 Å². The number of aliphatic hydroxyl groups excluding tert-OH is 1. The molecule has 1 N–H and O–H groups in total. The molecule has 0 aliphatic heterocycles. The maximum atomic E-state index is 9.75. The molecule has 0 spiro atoms. The third-order valence-electron chi connectivity index (χ3n) is 2.80. The molecule has 0 amide bonds. The minimum absolute atomic E-state index is 0.284. The van der Waals surface area contributed by atoms with Gasteiger partial charge in [-0.1, -0.05) is 53.0 Å². The van der Waals surface area contributed by atoms with Crippen molar-refractivity contribution in [3.8, 4) is 0 Å². The minimum atomic E-state index is -0.589. The van der Waals surface area contributed by atoms with E-state index in [-0.39, 0.29) is 5.76 Å². The van der Waals surface area contributed by atoms with E-state index in [1.807, 2.05) is 25.1 Å². The van der Waals surface area contributed by atoms with Crippen LogP contribution < -0.4 is 0 Å². The summed E-state index contributed by atoms with van der Waals surface area (Å²) in [6.07, 6.45) is 5.30. The fraction of sp³-hybridized carbons (Fsp3) is 0.0556. The SMILES string of the molecule is C/C=C\C(O)=C/C=[SH+](c1ccccc1)c1ccccc1. The van der Waals surface area contributed by atoms with E-state index in [0.29, 0.717) is 0 Å². The van der Waals surface area contributed by atoms with Crippen LogP contribution in [0.4, 0.5) is 0 Å². The Balaban J connectivity index is 2.46. The van der Waals surface area contributed by atoms with Crippen molar-refractivity contribution in [3.63, 3.8) is 0 Å². The summed E-state index contributed by atoms with van der Waals surface area (Å²) in [5.41, 5.74) is 0. The van der Waals surface area contributed by atoms with Gasteiger partial charge >= 0.3 is 0 Å². The zero-order valence-corrected chi connectivity index (χ0v) is 12.4. The highest BCUT2D eigenvalue weighted by Crippen LogP contribution is 2.16. The molecule has 0 saturated carbocycles. The molecule has 0 aliphatic rings. The molecule has 0 aromatic heterocycles. The molecule has 2 aromatic rings. The van der Waals surface area contributed by atoms with Crippen molar-refractivity contribution < 1.29 is 5.11 Å². The standard InChI is InChI=1S/C18H18OS/c1-2-9-16(19)14-15-20(17-10-5-3-6-11-17)18-12-7-4-8-13-18/h2-15,19H,1H3/p+1/b9-2-,16-14+. The van der Waals surface area contributed by atoms with Crippen LogP contribution in [0.5, 0.6) is 0 Å². The van der Waals surface area contributed by atoms with Crippen molar-refractivity contribution in [3.05, 3.63) is 84.7 Å². The van der Waals surface area contributed by atoms with Crippen molar-refractivity contribution >= 4 is 15.9 Å². The van der Waals surface area contributed by atoms with Crippen LogP contribution in [0.1, 0.15) is 6.92 Å². The van der Waals surface area contributed by atoms with Gasteiger partial charge in [-0.3, -0.25) is 0 Å². The Morgan fingerprint density at radius 1 is 0.900 bits per heavy atom. The first-order chi connectivity index (χ1) is 9.81. The van der Waals surface area contributed by atoms with Gasteiger partial charge in [-0.25, -0.2) is 0 Å². The average Bonchev–Trinajstić information content (AvgIpc) is 2.50. The van der Waals surface area contributed by atoms with E-state index in [1.54, 1.807) is 12.2 Å². The third-order valence-corrected chi connectivity index (χ3v) is 4.96. The van der Waals surface area contributed by atoms with Crippen LogP contribution in [-0.4, -0.2) is 10.5 Å². The van der Waals surface area contributed by atoms with Crippen LogP contribution in [0.25, 0.3) is 0 Å². The Hall–Kier alpha value is -2.06. The maximum absolute atomic E-state index is 9.75. The number of benzene rings is 2. The third kappa shape index (κ3) is 3.97. The molecule has 2 aromatic carbocycles. The van der Waals surface area contributed by atoms with Crippen LogP contribution in [-0.2, 0) is 10.5 Å². The Labute approximate surface area is 122 Å². The van der Waals surface area contributed by atoms with E-state index in [1.165, 1.54) is 9.79 Å². The lowest BCUT2D eigenvalue weighted by molar-refractivity contribution is 0.433. The van der Waals surface area contributed by atoms with E-state index in [0.717, 1.165) is 0 Å². The number of hydrogen-bond donors (Lipinski definition) is 1. The van der Waals surface area contributed by atoms with Crippen molar-refractivity contribution in [2.75, 3.05) is 0 Å². The summed E-state index contributed by atoms with van der Waals surface area (Å²) in [6, 6.07) is 20.8. The van der Waals surface area contributed by atoms with Crippen LogP contribution in [0, 0.1) is 0 Å². The summed E-state index contributed by atoms with van der Waals surface area (Å²) >= 11 is 0. The lowest BCUT2D eigenvalue weighted by Gasteiger charge is -2.02. The lowest BCUT2D eigenvalue weighted by Crippen LogP contribution is -1.96. The predicted molar refractivity (Wildman–Crippen MR) is 89.8 cm³/mol. The van der Waals surface area contributed by atoms with Gasteiger partial charge in [0.2, 0.25) is 0 Å². The van der Waals surface area contributed by atoms with E-state index in [2.05, 4.69) is 53.9 Å².